The summed E-state index contributed by atoms with van der Waals surface area (Å²) in [4.78, 5) is 18.2. The summed E-state index contributed by atoms with van der Waals surface area (Å²) < 4.78 is 13.5. The number of aliphatic hydroxyl groups excluding tert-OH is 1. The average Bonchev–Trinajstić information content (AvgIpc) is 2.58. The van der Waals surface area contributed by atoms with Crippen LogP contribution in [0.3, 0.4) is 0 Å². The quantitative estimate of drug-likeness (QED) is 0.806. The minimum Gasteiger partial charge on any atom is -0.390 e. The Morgan fingerprint density at radius 3 is 2.68 bits per heavy atom. The van der Waals surface area contributed by atoms with Crippen LogP contribution in [0, 0.1) is 5.82 Å². The van der Waals surface area contributed by atoms with Crippen LogP contribution in [0.1, 0.15) is 12.0 Å². The van der Waals surface area contributed by atoms with E-state index in [0.29, 0.717) is 18.7 Å². The molecule has 5 nitrogen and oxygen atoms in total. The number of hydrogen-bond donors (Lipinski definition) is 1. The molecular weight excluding hydrogens is 321 g/mol. The number of nitrogens with zero attached hydrogens (tertiary/aromatic N) is 3. The van der Waals surface area contributed by atoms with Gasteiger partial charge in [0, 0.05) is 58.3 Å². The molecule has 0 spiro atoms. The summed E-state index contributed by atoms with van der Waals surface area (Å²) in [5.41, 5.74) is 0.466. The SMILES string of the molecule is CN1CCN(CC(O)CN(C)C(=O)C/C=C/c2ccccc2F)CC1. The monoisotopic (exact) mass is 349 g/mol. The molecule has 1 atom stereocenters. The molecule has 2 rings (SSSR count). The molecule has 138 valence electrons. The number of carbonyl (C=O) groups excluding carboxylic acids is 1. The van der Waals surface area contributed by atoms with E-state index in [9.17, 15) is 14.3 Å². The summed E-state index contributed by atoms with van der Waals surface area (Å²) in [6.45, 7) is 4.77. The van der Waals surface area contributed by atoms with Crippen molar-refractivity contribution in [2.45, 2.75) is 12.5 Å². The molecule has 1 N–H and O–H groups in total. The van der Waals surface area contributed by atoms with Crippen LogP contribution in [0.5, 0.6) is 0 Å². The van der Waals surface area contributed by atoms with Crippen molar-refractivity contribution in [2.24, 2.45) is 0 Å². The van der Waals surface area contributed by atoms with Crippen molar-refractivity contribution >= 4 is 12.0 Å². The van der Waals surface area contributed by atoms with Crippen LogP contribution in [-0.2, 0) is 4.79 Å². The minimum absolute atomic E-state index is 0.0926. The van der Waals surface area contributed by atoms with Gasteiger partial charge in [-0.15, -0.1) is 0 Å². The highest BCUT2D eigenvalue weighted by atomic mass is 19.1. The molecule has 0 saturated carbocycles. The fourth-order valence-electron chi connectivity index (χ4n) is 2.86. The molecule has 0 aromatic heterocycles. The summed E-state index contributed by atoms with van der Waals surface area (Å²) in [5, 5.41) is 10.2. The Balaban J connectivity index is 1.73. The lowest BCUT2D eigenvalue weighted by molar-refractivity contribution is -0.130. The summed E-state index contributed by atoms with van der Waals surface area (Å²) >= 11 is 0. The second-order valence-electron chi connectivity index (χ2n) is 6.66. The van der Waals surface area contributed by atoms with Gasteiger partial charge in [0.25, 0.3) is 0 Å². The van der Waals surface area contributed by atoms with Gasteiger partial charge in [0.1, 0.15) is 5.82 Å². The Labute approximate surface area is 149 Å². The Morgan fingerprint density at radius 2 is 2.00 bits per heavy atom. The van der Waals surface area contributed by atoms with E-state index >= 15 is 0 Å². The van der Waals surface area contributed by atoms with Gasteiger partial charge in [0.15, 0.2) is 0 Å². The summed E-state index contributed by atoms with van der Waals surface area (Å²) in [5.74, 6) is -0.396. The fraction of sp³-hybridized carbons (Fsp3) is 0.526. The number of carbonyl (C=O) groups is 1. The molecule has 6 heteroatoms. The number of aliphatic hydroxyl groups is 1. The second-order valence-corrected chi connectivity index (χ2v) is 6.66. The van der Waals surface area contributed by atoms with Crippen LogP contribution >= 0.6 is 0 Å². The maximum atomic E-state index is 13.5. The predicted octanol–water partition coefficient (Wildman–Crippen LogP) is 1.30. The first-order valence-corrected chi connectivity index (χ1v) is 8.69. The van der Waals surface area contributed by atoms with Gasteiger partial charge >= 0.3 is 0 Å². The number of β-amino-alcohol motifs (C(OH)–C–C–N with tert-alkyl or cyclic N) is 1. The van der Waals surface area contributed by atoms with Crippen molar-refractivity contribution in [1.82, 2.24) is 14.7 Å². The number of rotatable bonds is 7. The normalized spacial score (nSPS) is 17.8. The highest BCUT2D eigenvalue weighted by molar-refractivity contribution is 5.78. The molecule has 1 amide bonds. The van der Waals surface area contributed by atoms with E-state index in [1.165, 1.54) is 11.0 Å². The Hall–Kier alpha value is -1.76. The zero-order valence-electron chi connectivity index (χ0n) is 15.1. The van der Waals surface area contributed by atoms with Crippen LogP contribution in [-0.4, -0.2) is 85.2 Å². The van der Waals surface area contributed by atoms with E-state index in [2.05, 4.69) is 16.8 Å². The van der Waals surface area contributed by atoms with E-state index in [1.54, 1.807) is 37.4 Å². The number of hydrogen-bond acceptors (Lipinski definition) is 4. The van der Waals surface area contributed by atoms with E-state index < -0.39 is 6.10 Å². The van der Waals surface area contributed by atoms with E-state index in [0.717, 1.165) is 26.2 Å². The predicted molar refractivity (Wildman–Crippen MR) is 97.6 cm³/mol. The third kappa shape index (κ3) is 6.57. The molecule has 1 aliphatic heterocycles. The van der Waals surface area contributed by atoms with Gasteiger partial charge in [-0.05, 0) is 13.1 Å². The third-order valence-corrected chi connectivity index (χ3v) is 4.47. The zero-order chi connectivity index (χ0) is 18.2. The maximum absolute atomic E-state index is 13.5. The molecular formula is C19H28FN3O2. The van der Waals surface area contributed by atoms with Crippen LogP contribution in [0.2, 0.25) is 0 Å². The van der Waals surface area contributed by atoms with Gasteiger partial charge in [-0.3, -0.25) is 9.69 Å². The van der Waals surface area contributed by atoms with Crippen LogP contribution in [0.15, 0.2) is 30.3 Å². The molecule has 1 heterocycles. The smallest absolute Gasteiger partial charge is 0.226 e. The molecule has 1 aliphatic rings. The number of benzene rings is 1. The van der Waals surface area contributed by atoms with Crippen LogP contribution in [0.4, 0.5) is 4.39 Å². The summed E-state index contributed by atoms with van der Waals surface area (Å²) in [6.07, 6.45) is 2.89. The number of likely N-dealkylation sites (N-methyl/N-ethyl adjacent to an activating group) is 2. The largest absolute Gasteiger partial charge is 0.390 e. The zero-order valence-corrected chi connectivity index (χ0v) is 15.1. The lowest BCUT2D eigenvalue weighted by atomic mass is 10.2. The molecule has 1 unspecified atom stereocenters. The molecule has 1 aromatic carbocycles. The first-order chi connectivity index (χ1) is 12.0. The molecule has 1 fully saturated rings. The topological polar surface area (TPSA) is 47.0 Å². The molecule has 1 saturated heterocycles. The second kappa shape index (κ2) is 9.65. The number of piperazine rings is 1. The fourth-order valence-corrected chi connectivity index (χ4v) is 2.86. The first kappa shape index (κ1) is 19.6. The van der Waals surface area contributed by atoms with E-state index in [1.807, 2.05) is 0 Å². The molecule has 0 radical (unpaired) electrons. The van der Waals surface area contributed by atoms with Gasteiger partial charge < -0.3 is 14.9 Å². The van der Waals surface area contributed by atoms with E-state index in [-0.39, 0.29) is 18.1 Å². The van der Waals surface area contributed by atoms with Crippen molar-refractivity contribution in [3.8, 4) is 0 Å². The standard InChI is InChI=1S/C19H28FN3O2/c1-21-10-12-23(13-11-21)15-17(24)14-22(2)19(25)9-5-7-16-6-3-4-8-18(16)20/h3-8,17,24H,9-15H2,1-2H3/b7-5+. The van der Waals surface area contributed by atoms with Crippen molar-refractivity contribution < 1.29 is 14.3 Å². The van der Waals surface area contributed by atoms with Crippen molar-refractivity contribution in [1.29, 1.82) is 0 Å². The number of halogens is 1. The minimum atomic E-state index is -0.562. The average molecular weight is 349 g/mol. The lowest BCUT2D eigenvalue weighted by Gasteiger charge is -2.34. The Kier molecular flexibility index (Phi) is 7.55. The highest BCUT2D eigenvalue weighted by Gasteiger charge is 2.19. The Bertz CT molecular complexity index is 586. The van der Waals surface area contributed by atoms with Gasteiger partial charge in [0.2, 0.25) is 5.91 Å². The van der Waals surface area contributed by atoms with Crippen LogP contribution in [0.25, 0.3) is 6.08 Å². The molecule has 1 aromatic rings. The maximum Gasteiger partial charge on any atom is 0.226 e. The molecule has 0 bridgehead atoms. The van der Waals surface area contributed by atoms with Gasteiger partial charge in [-0.2, -0.15) is 0 Å². The van der Waals surface area contributed by atoms with Crippen molar-refractivity contribution in [3.63, 3.8) is 0 Å². The third-order valence-electron chi connectivity index (χ3n) is 4.47. The summed E-state index contributed by atoms with van der Waals surface area (Å²) in [6, 6.07) is 6.45. The molecule has 0 aliphatic carbocycles. The molecule has 25 heavy (non-hydrogen) atoms. The van der Waals surface area contributed by atoms with Gasteiger partial charge in [-0.25, -0.2) is 4.39 Å². The van der Waals surface area contributed by atoms with Crippen molar-refractivity contribution in [2.75, 3.05) is 53.4 Å². The first-order valence-electron chi connectivity index (χ1n) is 8.69. The van der Waals surface area contributed by atoms with Crippen LogP contribution < -0.4 is 0 Å². The van der Waals surface area contributed by atoms with Gasteiger partial charge in [-0.1, -0.05) is 30.4 Å². The van der Waals surface area contributed by atoms with E-state index in [4.69, 9.17) is 0 Å². The van der Waals surface area contributed by atoms with Gasteiger partial charge in [0.05, 0.1) is 6.10 Å². The number of amides is 1. The highest BCUT2D eigenvalue weighted by Crippen LogP contribution is 2.09. The Morgan fingerprint density at radius 1 is 1.32 bits per heavy atom. The lowest BCUT2D eigenvalue weighted by Crippen LogP contribution is -2.48. The van der Waals surface area contributed by atoms with Crippen molar-refractivity contribution in [3.05, 3.63) is 41.7 Å². The summed E-state index contributed by atoms with van der Waals surface area (Å²) in [7, 11) is 3.78.